The summed E-state index contributed by atoms with van der Waals surface area (Å²) in [6.07, 6.45) is 2.55. The van der Waals surface area contributed by atoms with Crippen LogP contribution in [0.4, 0.5) is 5.69 Å². The normalized spacial score (nSPS) is 13.9. The van der Waals surface area contributed by atoms with Gasteiger partial charge in [-0.1, -0.05) is 6.07 Å². The highest BCUT2D eigenvalue weighted by Crippen LogP contribution is 2.50. The summed E-state index contributed by atoms with van der Waals surface area (Å²) in [5.41, 5.74) is 3.34. The van der Waals surface area contributed by atoms with E-state index in [1.165, 1.54) is 6.92 Å². The van der Waals surface area contributed by atoms with Crippen molar-refractivity contribution in [3.05, 3.63) is 45.6 Å². The number of carbonyl (C=O) groups excluding carboxylic acids is 2. The van der Waals surface area contributed by atoms with Gasteiger partial charge in [-0.2, -0.15) is 0 Å². The van der Waals surface area contributed by atoms with Crippen LogP contribution in [-0.2, 0) is 16.0 Å². The number of hydrogen-bond acceptors (Lipinski definition) is 8. The number of hydrogen-bond donors (Lipinski definition) is 4. The van der Waals surface area contributed by atoms with Crippen molar-refractivity contribution in [3.63, 3.8) is 0 Å². The number of fused-ring (bicyclic) bond motifs is 3. The lowest BCUT2D eigenvalue weighted by atomic mass is 9.95. The maximum atomic E-state index is 13.3. The highest BCUT2D eigenvalue weighted by molar-refractivity contribution is 5.83. The number of benzene rings is 1. The smallest absolute Gasteiger partial charge is 0.220 e. The molecule has 1 atom stereocenters. The van der Waals surface area contributed by atoms with Crippen molar-refractivity contribution in [2.45, 2.75) is 45.1 Å². The van der Waals surface area contributed by atoms with Crippen molar-refractivity contribution in [3.8, 4) is 28.4 Å². The molecule has 1 aliphatic carbocycles. The number of aliphatic hydroxyl groups excluding tert-OH is 1. The first-order valence-electron chi connectivity index (χ1n) is 12.7. The number of aliphatic hydroxyl groups is 1. The molecule has 0 saturated heterocycles. The third kappa shape index (κ3) is 6.74. The van der Waals surface area contributed by atoms with Gasteiger partial charge in [-0.15, -0.1) is 0 Å². The zero-order chi connectivity index (χ0) is 27.7. The van der Waals surface area contributed by atoms with Crippen LogP contribution in [-0.4, -0.2) is 57.9 Å². The van der Waals surface area contributed by atoms with Crippen molar-refractivity contribution < 1.29 is 28.9 Å². The van der Waals surface area contributed by atoms with E-state index in [0.29, 0.717) is 73.7 Å². The maximum Gasteiger partial charge on any atom is 0.220 e. The Kier molecular flexibility index (Phi) is 10.3. The van der Waals surface area contributed by atoms with Crippen LogP contribution in [0, 0.1) is 0 Å². The molecular formula is C28H37N3O7. The molecule has 0 unspecified atom stereocenters. The first-order valence-corrected chi connectivity index (χ1v) is 12.7. The number of ether oxygens (including phenoxy) is 3. The lowest BCUT2D eigenvalue weighted by Crippen LogP contribution is -2.26. The van der Waals surface area contributed by atoms with E-state index in [1.807, 2.05) is 12.1 Å². The van der Waals surface area contributed by atoms with Gasteiger partial charge in [-0.05, 0) is 60.6 Å². The quantitative estimate of drug-likeness (QED) is 0.309. The molecule has 0 aliphatic heterocycles. The highest BCUT2D eigenvalue weighted by Gasteiger charge is 2.29. The molecule has 10 nitrogen and oxygen atoms in total. The molecule has 1 aliphatic rings. The Morgan fingerprint density at radius 3 is 2.45 bits per heavy atom. The fourth-order valence-corrected chi connectivity index (χ4v) is 4.72. The minimum Gasteiger partial charge on any atom is -0.493 e. The fourth-order valence-electron chi connectivity index (χ4n) is 4.72. The molecule has 2 aromatic rings. The van der Waals surface area contributed by atoms with Crippen LogP contribution in [0.15, 0.2) is 29.1 Å². The first kappa shape index (κ1) is 28.8. The molecule has 2 aromatic carbocycles. The molecule has 0 radical (unpaired) electrons. The number of methoxy groups -OCH3 is 3. The van der Waals surface area contributed by atoms with E-state index in [9.17, 15) is 14.4 Å². The summed E-state index contributed by atoms with van der Waals surface area (Å²) in [7, 11) is 4.66. The molecule has 0 fully saturated rings. The van der Waals surface area contributed by atoms with Gasteiger partial charge in [-0.3, -0.25) is 14.4 Å². The van der Waals surface area contributed by atoms with E-state index >= 15 is 0 Å². The molecule has 3 rings (SSSR count). The lowest BCUT2D eigenvalue weighted by molar-refractivity contribution is -0.121. The standard InChI is InChI=1S/C28H37N3O7/c1-17(33)31-21-10-8-18-15-24(36-2)27(37-3)28(38-4)26(18)19-9-11-22(23(34)16-20(19)21)29-12-5-7-25(35)30-13-6-14-32/h9,11,15-16,21,32H,5-8,10,12-14H2,1-4H3,(H,29,34)(H,30,35)(H,31,33)/t21-/m0/s1. The van der Waals surface area contributed by atoms with Gasteiger partial charge in [0.2, 0.25) is 23.0 Å². The lowest BCUT2D eigenvalue weighted by Gasteiger charge is -2.19. The number of amides is 2. The summed E-state index contributed by atoms with van der Waals surface area (Å²) in [5.74, 6) is 1.19. The zero-order valence-electron chi connectivity index (χ0n) is 22.4. The molecule has 0 heterocycles. The first-order chi connectivity index (χ1) is 18.3. The van der Waals surface area contributed by atoms with Crippen molar-refractivity contribution in [2.75, 3.05) is 46.3 Å². The predicted octanol–water partition coefficient (Wildman–Crippen LogP) is 2.55. The maximum absolute atomic E-state index is 13.3. The van der Waals surface area contributed by atoms with Gasteiger partial charge in [-0.25, -0.2) is 0 Å². The molecule has 38 heavy (non-hydrogen) atoms. The Labute approximate surface area is 222 Å². The van der Waals surface area contributed by atoms with Crippen molar-refractivity contribution in [2.24, 2.45) is 0 Å². The Morgan fingerprint density at radius 2 is 1.79 bits per heavy atom. The molecule has 0 bridgehead atoms. The zero-order valence-corrected chi connectivity index (χ0v) is 22.4. The van der Waals surface area contributed by atoms with E-state index in [-0.39, 0.29) is 29.9 Å². The van der Waals surface area contributed by atoms with Crippen molar-refractivity contribution >= 4 is 17.5 Å². The van der Waals surface area contributed by atoms with E-state index in [1.54, 1.807) is 33.5 Å². The predicted molar refractivity (Wildman–Crippen MR) is 145 cm³/mol. The van der Waals surface area contributed by atoms with Crippen LogP contribution < -0.4 is 35.6 Å². The summed E-state index contributed by atoms with van der Waals surface area (Å²) in [6.45, 7) is 2.35. The number of aryl methyl sites for hydroxylation is 1. The SMILES string of the molecule is COc1cc2c(c(OC)c1OC)-c1ccc(NCCCC(=O)NCCCO)c(=O)cc1[C@@H](NC(C)=O)CC2. The molecule has 0 saturated carbocycles. The number of anilines is 1. The number of rotatable bonds is 12. The van der Waals surface area contributed by atoms with Gasteiger partial charge in [0.25, 0.3) is 0 Å². The van der Waals surface area contributed by atoms with E-state index < -0.39 is 0 Å². The second-order valence-corrected chi connectivity index (χ2v) is 9.05. The largest absolute Gasteiger partial charge is 0.493 e. The van der Waals surface area contributed by atoms with Crippen LogP contribution >= 0.6 is 0 Å². The molecule has 0 spiro atoms. The minimum atomic E-state index is -0.382. The summed E-state index contributed by atoms with van der Waals surface area (Å²) < 4.78 is 17.0. The second-order valence-electron chi connectivity index (χ2n) is 9.05. The van der Waals surface area contributed by atoms with Crippen LogP contribution in [0.25, 0.3) is 11.1 Å². The summed E-state index contributed by atoms with van der Waals surface area (Å²) in [4.78, 5) is 37.2. The molecule has 0 aromatic heterocycles. The van der Waals surface area contributed by atoms with Crippen LogP contribution in [0.2, 0.25) is 0 Å². The highest BCUT2D eigenvalue weighted by atomic mass is 16.5. The monoisotopic (exact) mass is 527 g/mol. The van der Waals surface area contributed by atoms with Crippen LogP contribution in [0.3, 0.4) is 0 Å². The third-order valence-electron chi connectivity index (χ3n) is 6.47. The van der Waals surface area contributed by atoms with Crippen molar-refractivity contribution in [1.82, 2.24) is 10.6 Å². The molecule has 2 amide bonds. The van der Waals surface area contributed by atoms with E-state index in [4.69, 9.17) is 19.3 Å². The van der Waals surface area contributed by atoms with E-state index in [0.717, 1.165) is 16.7 Å². The Bertz CT molecular complexity index is 1220. The average molecular weight is 528 g/mol. The Hall–Kier alpha value is -3.79. The summed E-state index contributed by atoms with van der Waals surface area (Å²) in [5, 5.41) is 17.7. The van der Waals surface area contributed by atoms with Gasteiger partial charge < -0.3 is 35.3 Å². The molecule has 10 heteroatoms. The second kappa shape index (κ2) is 13.7. The third-order valence-corrected chi connectivity index (χ3v) is 6.47. The van der Waals surface area contributed by atoms with Gasteiger partial charge in [0, 0.05) is 38.6 Å². The van der Waals surface area contributed by atoms with Gasteiger partial charge in [0.05, 0.1) is 33.1 Å². The van der Waals surface area contributed by atoms with Gasteiger partial charge in [0.15, 0.2) is 11.5 Å². The average Bonchev–Trinajstić information content (AvgIpc) is 3.14. The summed E-state index contributed by atoms with van der Waals surface area (Å²) in [6, 6.07) is 6.66. The summed E-state index contributed by atoms with van der Waals surface area (Å²) >= 11 is 0. The van der Waals surface area contributed by atoms with Crippen LogP contribution in [0.5, 0.6) is 17.2 Å². The Morgan fingerprint density at radius 1 is 1.03 bits per heavy atom. The minimum absolute atomic E-state index is 0.0303. The number of nitrogens with one attached hydrogen (secondary N) is 3. The fraction of sp³-hybridized carbons (Fsp3) is 0.464. The van der Waals surface area contributed by atoms with Gasteiger partial charge in [0.1, 0.15) is 0 Å². The molecular weight excluding hydrogens is 490 g/mol. The van der Waals surface area contributed by atoms with Gasteiger partial charge >= 0.3 is 0 Å². The van der Waals surface area contributed by atoms with Crippen LogP contribution in [0.1, 0.15) is 49.8 Å². The Balaban J connectivity index is 2.00. The van der Waals surface area contributed by atoms with E-state index in [2.05, 4.69) is 16.0 Å². The van der Waals surface area contributed by atoms with Crippen molar-refractivity contribution in [1.29, 1.82) is 0 Å². The molecule has 4 N–H and O–H groups in total. The molecule has 206 valence electrons. The number of carbonyl (C=O) groups is 2. The topological polar surface area (TPSA) is 135 Å².